The fourth-order valence-electron chi connectivity index (χ4n) is 2.81. The number of fused-ring (bicyclic) bond motifs is 1. The van der Waals surface area contributed by atoms with E-state index in [2.05, 4.69) is 10.6 Å². The van der Waals surface area contributed by atoms with E-state index in [9.17, 15) is 22.8 Å². The average Bonchev–Trinajstić information content (AvgIpc) is 2.59. The smallest absolute Gasteiger partial charge is 0.349 e. The summed E-state index contributed by atoms with van der Waals surface area (Å²) in [6.45, 7) is -0.943. The van der Waals surface area contributed by atoms with E-state index in [4.69, 9.17) is 23.2 Å². The van der Waals surface area contributed by atoms with Gasteiger partial charge in [0, 0.05) is 16.3 Å². The maximum Gasteiger partial charge on any atom is 0.417 e. The van der Waals surface area contributed by atoms with Crippen LogP contribution in [0.15, 0.2) is 42.5 Å². The molecule has 5 nitrogen and oxygen atoms in total. The number of alkyl halides is 3. The van der Waals surface area contributed by atoms with Crippen molar-refractivity contribution in [1.29, 1.82) is 0 Å². The largest absolute Gasteiger partial charge is 0.417 e. The first-order valence-corrected chi connectivity index (χ1v) is 8.38. The highest BCUT2D eigenvalue weighted by molar-refractivity contribution is 6.33. The fourth-order valence-corrected chi connectivity index (χ4v) is 3.20. The SMILES string of the molecule is O=C1Nc2ccc(Cl)cc2C(CNC(=O)c2ccccc2Cl)(C(F)(F)F)N1. The fraction of sp³-hybridized carbons (Fsp3) is 0.176. The molecule has 0 fully saturated rings. The Morgan fingerprint density at radius 3 is 2.52 bits per heavy atom. The van der Waals surface area contributed by atoms with Crippen LogP contribution < -0.4 is 16.0 Å². The van der Waals surface area contributed by atoms with Crippen molar-refractivity contribution in [3.05, 3.63) is 63.6 Å². The Balaban J connectivity index is 2.01. The van der Waals surface area contributed by atoms with Gasteiger partial charge in [0.05, 0.1) is 17.1 Å². The second-order valence-corrected chi connectivity index (χ2v) is 6.68. The molecule has 0 spiro atoms. The van der Waals surface area contributed by atoms with Crippen molar-refractivity contribution in [3.63, 3.8) is 0 Å². The normalized spacial score (nSPS) is 18.9. The van der Waals surface area contributed by atoms with Crippen molar-refractivity contribution in [2.75, 3.05) is 11.9 Å². The molecule has 3 N–H and O–H groups in total. The van der Waals surface area contributed by atoms with Crippen LogP contribution in [0.3, 0.4) is 0 Å². The summed E-state index contributed by atoms with van der Waals surface area (Å²) in [5.41, 5.74) is -3.19. The Kier molecular flexibility index (Phi) is 4.96. The van der Waals surface area contributed by atoms with E-state index in [0.29, 0.717) is 0 Å². The minimum atomic E-state index is -4.92. The highest BCUT2D eigenvalue weighted by Gasteiger charge is 2.59. The Morgan fingerprint density at radius 1 is 1.15 bits per heavy atom. The van der Waals surface area contributed by atoms with Gasteiger partial charge in [0.25, 0.3) is 5.91 Å². The first-order chi connectivity index (χ1) is 12.6. The zero-order valence-corrected chi connectivity index (χ0v) is 15.0. The van der Waals surface area contributed by atoms with Crippen LogP contribution >= 0.6 is 23.2 Å². The molecule has 1 unspecified atom stereocenters. The lowest BCUT2D eigenvalue weighted by atomic mass is 9.86. The average molecular weight is 418 g/mol. The van der Waals surface area contributed by atoms with Crippen LogP contribution in [-0.2, 0) is 5.54 Å². The van der Waals surface area contributed by atoms with Gasteiger partial charge >= 0.3 is 12.2 Å². The number of anilines is 1. The van der Waals surface area contributed by atoms with Crippen LogP contribution in [0, 0.1) is 0 Å². The van der Waals surface area contributed by atoms with Gasteiger partial charge < -0.3 is 16.0 Å². The number of hydrogen-bond acceptors (Lipinski definition) is 2. The molecular weight excluding hydrogens is 406 g/mol. The molecular formula is C17H12Cl2F3N3O2. The Labute approximate surface area is 161 Å². The topological polar surface area (TPSA) is 70.2 Å². The van der Waals surface area contributed by atoms with Crippen LogP contribution in [0.2, 0.25) is 10.0 Å². The third kappa shape index (κ3) is 3.54. The van der Waals surface area contributed by atoms with E-state index in [1.54, 1.807) is 6.07 Å². The monoisotopic (exact) mass is 417 g/mol. The second kappa shape index (κ2) is 6.94. The lowest BCUT2D eigenvalue weighted by molar-refractivity contribution is -0.195. The van der Waals surface area contributed by atoms with E-state index >= 15 is 0 Å². The van der Waals surface area contributed by atoms with Gasteiger partial charge in [-0.25, -0.2) is 4.79 Å². The van der Waals surface area contributed by atoms with Crippen molar-refractivity contribution < 1.29 is 22.8 Å². The van der Waals surface area contributed by atoms with Crippen LogP contribution in [-0.4, -0.2) is 24.7 Å². The maximum absolute atomic E-state index is 14.0. The highest BCUT2D eigenvalue weighted by Crippen LogP contribution is 2.44. The highest BCUT2D eigenvalue weighted by atomic mass is 35.5. The molecule has 27 heavy (non-hydrogen) atoms. The molecule has 3 amide bonds. The summed E-state index contributed by atoms with van der Waals surface area (Å²) in [5, 5.41) is 6.55. The zero-order valence-electron chi connectivity index (χ0n) is 13.5. The molecule has 0 radical (unpaired) electrons. The molecule has 2 aromatic carbocycles. The summed E-state index contributed by atoms with van der Waals surface area (Å²) in [6, 6.07) is 8.61. The molecule has 1 aliphatic rings. The summed E-state index contributed by atoms with van der Waals surface area (Å²) in [6.07, 6.45) is -4.92. The van der Waals surface area contributed by atoms with Crippen molar-refractivity contribution in [1.82, 2.24) is 10.6 Å². The molecule has 1 aliphatic heterocycles. The predicted molar refractivity (Wildman–Crippen MR) is 95.1 cm³/mol. The van der Waals surface area contributed by atoms with Crippen LogP contribution in [0.4, 0.5) is 23.7 Å². The summed E-state index contributed by atoms with van der Waals surface area (Å²) in [7, 11) is 0. The lowest BCUT2D eigenvalue weighted by Gasteiger charge is -2.41. The molecule has 1 heterocycles. The summed E-state index contributed by atoms with van der Waals surface area (Å²) < 4.78 is 42.1. The molecule has 0 saturated carbocycles. The van der Waals surface area contributed by atoms with Crippen molar-refractivity contribution >= 4 is 40.8 Å². The number of nitrogens with one attached hydrogen (secondary N) is 3. The van der Waals surface area contributed by atoms with Crippen molar-refractivity contribution in [2.24, 2.45) is 0 Å². The molecule has 2 aromatic rings. The molecule has 142 valence electrons. The molecule has 0 saturated heterocycles. The van der Waals surface area contributed by atoms with Crippen LogP contribution in [0.5, 0.6) is 0 Å². The summed E-state index contributed by atoms with van der Waals surface area (Å²) in [4.78, 5) is 24.2. The number of carbonyl (C=O) groups is 2. The molecule has 0 aliphatic carbocycles. The molecule has 10 heteroatoms. The minimum Gasteiger partial charge on any atom is -0.349 e. The third-order valence-corrected chi connectivity index (χ3v) is 4.70. The number of hydrogen-bond donors (Lipinski definition) is 3. The molecule has 0 aromatic heterocycles. The lowest BCUT2D eigenvalue weighted by Crippen LogP contribution is -2.64. The van der Waals surface area contributed by atoms with E-state index in [0.717, 1.165) is 6.07 Å². The predicted octanol–water partition coefficient (Wildman–Crippen LogP) is 4.32. The Morgan fingerprint density at radius 2 is 1.85 bits per heavy atom. The first kappa shape index (κ1) is 19.3. The number of carbonyl (C=O) groups excluding carboxylic acids is 2. The van der Waals surface area contributed by atoms with E-state index in [1.165, 1.54) is 30.3 Å². The Hall–Kier alpha value is -2.45. The number of halogens is 5. The van der Waals surface area contributed by atoms with Gasteiger partial charge in [0.1, 0.15) is 0 Å². The van der Waals surface area contributed by atoms with Crippen LogP contribution in [0.25, 0.3) is 0 Å². The third-order valence-electron chi connectivity index (χ3n) is 4.13. The van der Waals surface area contributed by atoms with Gasteiger partial charge in [-0.1, -0.05) is 35.3 Å². The van der Waals surface area contributed by atoms with Gasteiger partial charge in [-0.05, 0) is 30.3 Å². The number of benzene rings is 2. The van der Waals surface area contributed by atoms with Gasteiger partial charge in [0.15, 0.2) is 5.54 Å². The molecule has 1 atom stereocenters. The molecule has 3 rings (SSSR count). The Bertz CT molecular complexity index is 921. The number of amides is 3. The second-order valence-electron chi connectivity index (χ2n) is 5.83. The standard InChI is InChI=1S/C17H12Cl2F3N3O2/c18-9-5-6-13-11(7-9)16(17(20,21)22,25-15(27)24-13)8-23-14(26)10-3-1-2-4-12(10)19/h1-7H,8H2,(H,23,26)(H2,24,25,27). The summed E-state index contributed by atoms with van der Waals surface area (Å²) in [5.74, 6) is -0.805. The minimum absolute atomic E-state index is 0.0167. The summed E-state index contributed by atoms with van der Waals surface area (Å²) >= 11 is 11.8. The van der Waals surface area contributed by atoms with Crippen LogP contribution in [0.1, 0.15) is 15.9 Å². The van der Waals surface area contributed by atoms with Gasteiger partial charge in [-0.2, -0.15) is 13.2 Å². The number of urea groups is 1. The van der Waals surface area contributed by atoms with E-state index in [-0.39, 0.29) is 26.9 Å². The maximum atomic E-state index is 14.0. The zero-order chi connectivity index (χ0) is 19.8. The quantitative estimate of drug-likeness (QED) is 0.695. The molecule has 0 bridgehead atoms. The number of rotatable bonds is 3. The van der Waals surface area contributed by atoms with Gasteiger partial charge in [0.2, 0.25) is 0 Å². The van der Waals surface area contributed by atoms with Crippen molar-refractivity contribution in [2.45, 2.75) is 11.7 Å². The first-order valence-electron chi connectivity index (χ1n) is 7.63. The van der Waals surface area contributed by atoms with E-state index < -0.39 is 30.2 Å². The van der Waals surface area contributed by atoms with Crippen molar-refractivity contribution in [3.8, 4) is 0 Å². The van der Waals surface area contributed by atoms with Gasteiger partial charge in [-0.3, -0.25) is 4.79 Å². The van der Waals surface area contributed by atoms with E-state index in [1.807, 2.05) is 5.32 Å². The van der Waals surface area contributed by atoms with Gasteiger partial charge in [-0.15, -0.1) is 0 Å².